The van der Waals surface area contributed by atoms with Gasteiger partial charge in [0, 0.05) is 5.57 Å². The van der Waals surface area contributed by atoms with Crippen LogP contribution in [-0.2, 0) is 19.1 Å². The number of benzene rings is 2. The molecular weight excluding hydrogens is 448 g/mol. The number of carbonyl (C=O) groups is 2. The lowest BCUT2D eigenvalue weighted by Crippen LogP contribution is -2.26. The molecule has 0 aliphatic carbocycles. The predicted octanol–water partition coefficient (Wildman–Crippen LogP) is 6.49. The molecule has 0 aliphatic heterocycles. The first-order chi connectivity index (χ1) is 16.9. The summed E-state index contributed by atoms with van der Waals surface area (Å²) < 4.78 is 21.2. The van der Waals surface area contributed by atoms with E-state index in [-0.39, 0.29) is 5.57 Å². The lowest BCUT2D eigenvalue weighted by Gasteiger charge is -2.12. The van der Waals surface area contributed by atoms with Crippen LogP contribution in [0.2, 0.25) is 0 Å². The number of hydrogen-bond acceptors (Lipinski definition) is 8. The lowest BCUT2D eigenvalue weighted by atomic mass is 10.2. The largest absolute Gasteiger partial charge is 0.494 e. The van der Waals surface area contributed by atoms with Crippen molar-refractivity contribution < 1.29 is 28.5 Å². The van der Waals surface area contributed by atoms with E-state index in [0.717, 1.165) is 48.6 Å². The topological polar surface area (TPSA) is 95.8 Å². The molecule has 0 saturated heterocycles. The predicted molar refractivity (Wildman–Crippen MR) is 134 cm³/mol. The van der Waals surface area contributed by atoms with Crippen LogP contribution < -0.4 is 9.47 Å². The van der Waals surface area contributed by atoms with E-state index in [4.69, 9.17) is 18.9 Å². The summed E-state index contributed by atoms with van der Waals surface area (Å²) in [5.41, 5.74) is 1.74. The summed E-state index contributed by atoms with van der Waals surface area (Å²) in [4.78, 5) is 23.2. The molecule has 2 rings (SSSR count). The van der Waals surface area contributed by atoms with Gasteiger partial charge in [-0.15, -0.1) is 0 Å². The van der Waals surface area contributed by atoms with Crippen molar-refractivity contribution in [2.24, 2.45) is 10.2 Å². The standard InChI is InChI=1S/C27H34N2O6/c1-5-32-24-14-10-22(11-15-24)28-29-23-12-16-25(17-13-23)33-18-8-6-7-9-19-34-27(31)21(4)35-26(30)20(2)3/h10-17,21H,2,5-9,18-19H2,1,3-4H3/t21-/m0/s1. The molecule has 0 spiro atoms. The highest BCUT2D eigenvalue weighted by Gasteiger charge is 2.19. The molecule has 8 heteroatoms. The van der Waals surface area contributed by atoms with Crippen molar-refractivity contribution in [3.8, 4) is 11.5 Å². The Morgan fingerprint density at radius 2 is 1.34 bits per heavy atom. The van der Waals surface area contributed by atoms with Crippen LogP contribution in [-0.4, -0.2) is 37.9 Å². The van der Waals surface area contributed by atoms with Crippen LogP contribution >= 0.6 is 0 Å². The van der Waals surface area contributed by atoms with E-state index in [0.29, 0.717) is 19.8 Å². The van der Waals surface area contributed by atoms with E-state index in [9.17, 15) is 9.59 Å². The molecule has 0 bridgehead atoms. The second-order valence-corrected chi connectivity index (χ2v) is 7.88. The zero-order valence-corrected chi connectivity index (χ0v) is 20.7. The van der Waals surface area contributed by atoms with E-state index < -0.39 is 18.0 Å². The number of esters is 2. The van der Waals surface area contributed by atoms with Crippen LogP contribution in [0, 0.1) is 0 Å². The number of hydrogen-bond donors (Lipinski definition) is 0. The Labute approximate surface area is 206 Å². The lowest BCUT2D eigenvalue weighted by molar-refractivity contribution is -0.164. The van der Waals surface area contributed by atoms with Gasteiger partial charge in [-0.2, -0.15) is 10.2 Å². The number of rotatable bonds is 15. The maximum Gasteiger partial charge on any atom is 0.347 e. The fraction of sp³-hybridized carbons (Fsp3) is 0.407. The Bertz CT molecular complexity index is 970. The Morgan fingerprint density at radius 1 is 0.829 bits per heavy atom. The summed E-state index contributed by atoms with van der Waals surface area (Å²) in [5.74, 6) is 0.435. The summed E-state index contributed by atoms with van der Waals surface area (Å²) in [7, 11) is 0. The summed E-state index contributed by atoms with van der Waals surface area (Å²) >= 11 is 0. The number of azo groups is 1. The summed E-state index contributed by atoms with van der Waals surface area (Å²) in [6, 6.07) is 14.9. The Kier molecular flexibility index (Phi) is 12.0. The number of unbranched alkanes of at least 4 members (excludes halogenated alkanes) is 3. The summed E-state index contributed by atoms with van der Waals surface area (Å²) in [6.07, 6.45) is 2.54. The molecule has 188 valence electrons. The highest BCUT2D eigenvalue weighted by molar-refractivity contribution is 5.89. The van der Waals surface area contributed by atoms with Crippen LogP contribution in [0.4, 0.5) is 11.4 Å². The smallest absolute Gasteiger partial charge is 0.347 e. The van der Waals surface area contributed by atoms with Crippen LogP contribution in [0.3, 0.4) is 0 Å². The van der Waals surface area contributed by atoms with Crippen molar-refractivity contribution in [2.45, 2.75) is 52.6 Å². The van der Waals surface area contributed by atoms with Gasteiger partial charge in [-0.05, 0) is 95.0 Å². The van der Waals surface area contributed by atoms with Gasteiger partial charge in [0.2, 0.25) is 0 Å². The zero-order valence-electron chi connectivity index (χ0n) is 20.7. The maximum atomic E-state index is 11.8. The van der Waals surface area contributed by atoms with Crippen LogP contribution in [0.1, 0.15) is 46.5 Å². The van der Waals surface area contributed by atoms with Crippen LogP contribution in [0.25, 0.3) is 0 Å². The van der Waals surface area contributed by atoms with Gasteiger partial charge in [0.25, 0.3) is 0 Å². The fourth-order valence-corrected chi connectivity index (χ4v) is 2.85. The first kappa shape index (κ1) is 27.6. The van der Waals surface area contributed by atoms with Gasteiger partial charge in [0.15, 0.2) is 6.10 Å². The Hall–Kier alpha value is -3.68. The fourth-order valence-electron chi connectivity index (χ4n) is 2.85. The second-order valence-electron chi connectivity index (χ2n) is 7.88. The van der Waals surface area contributed by atoms with Crippen LogP contribution in [0.15, 0.2) is 70.9 Å². The third kappa shape index (κ3) is 10.9. The van der Waals surface area contributed by atoms with E-state index >= 15 is 0 Å². The molecular formula is C27H34N2O6. The normalized spacial score (nSPS) is 11.6. The molecule has 0 unspecified atom stereocenters. The molecule has 0 amide bonds. The third-order valence-corrected chi connectivity index (χ3v) is 4.78. The quantitative estimate of drug-likeness (QED) is 0.125. The molecule has 35 heavy (non-hydrogen) atoms. The Morgan fingerprint density at radius 3 is 1.86 bits per heavy atom. The van der Waals surface area contributed by atoms with Gasteiger partial charge in [-0.3, -0.25) is 0 Å². The van der Waals surface area contributed by atoms with Gasteiger partial charge in [-0.1, -0.05) is 6.58 Å². The summed E-state index contributed by atoms with van der Waals surface area (Å²) in [6.45, 7) is 9.95. The van der Waals surface area contributed by atoms with E-state index in [1.165, 1.54) is 13.8 Å². The molecule has 0 fully saturated rings. The molecule has 0 aliphatic rings. The average molecular weight is 483 g/mol. The van der Waals surface area contributed by atoms with Crippen molar-refractivity contribution in [1.82, 2.24) is 0 Å². The molecule has 0 heterocycles. The molecule has 8 nitrogen and oxygen atoms in total. The molecule has 2 aromatic carbocycles. The van der Waals surface area contributed by atoms with E-state index in [1.54, 1.807) is 0 Å². The number of carbonyl (C=O) groups excluding carboxylic acids is 2. The van der Waals surface area contributed by atoms with Crippen molar-refractivity contribution >= 4 is 23.3 Å². The molecule has 0 saturated carbocycles. The summed E-state index contributed by atoms with van der Waals surface area (Å²) in [5, 5.41) is 8.47. The van der Waals surface area contributed by atoms with Gasteiger partial charge in [0.1, 0.15) is 11.5 Å². The minimum Gasteiger partial charge on any atom is -0.494 e. The monoisotopic (exact) mass is 482 g/mol. The first-order valence-electron chi connectivity index (χ1n) is 11.8. The third-order valence-electron chi connectivity index (χ3n) is 4.78. The van der Waals surface area contributed by atoms with Gasteiger partial charge >= 0.3 is 11.9 Å². The van der Waals surface area contributed by atoms with Crippen molar-refractivity contribution in [1.29, 1.82) is 0 Å². The highest BCUT2D eigenvalue weighted by Crippen LogP contribution is 2.23. The zero-order chi connectivity index (χ0) is 25.5. The molecule has 0 radical (unpaired) electrons. The molecule has 0 N–H and O–H groups in total. The van der Waals surface area contributed by atoms with E-state index in [1.807, 2.05) is 55.5 Å². The van der Waals surface area contributed by atoms with Crippen molar-refractivity contribution in [3.63, 3.8) is 0 Å². The number of ether oxygens (including phenoxy) is 4. The van der Waals surface area contributed by atoms with Gasteiger partial charge < -0.3 is 18.9 Å². The van der Waals surface area contributed by atoms with Gasteiger partial charge in [-0.25, -0.2) is 9.59 Å². The second kappa shape index (κ2) is 15.3. The number of nitrogens with zero attached hydrogens (tertiary/aromatic N) is 2. The van der Waals surface area contributed by atoms with Gasteiger partial charge in [0.05, 0.1) is 31.2 Å². The highest BCUT2D eigenvalue weighted by atomic mass is 16.6. The SMILES string of the molecule is C=C(C)C(=O)O[C@@H](C)C(=O)OCCCCCCOc1ccc(N=Nc2ccc(OCC)cc2)cc1. The van der Waals surface area contributed by atoms with Crippen molar-refractivity contribution in [2.75, 3.05) is 19.8 Å². The average Bonchev–Trinajstić information content (AvgIpc) is 2.85. The minimum absolute atomic E-state index is 0.244. The molecule has 0 aromatic heterocycles. The van der Waals surface area contributed by atoms with Crippen molar-refractivity contribution in [3.05, 3.63) is 60.7 Å². The molecule has 1 atom stereocenters. The first-order valence-corrected chi connectivity index (χ1v) is 11.8. The maximum absolute atomic E-state index is 11.8. The molecule has 2 aromatic rings. The minimum atomic E-state index is -0.937. The Balaban J connectivity index is 1.57. The van der Waals surface area contributed by atoms with Crippen LogP contribution in [0.5, 0.6) is 11.5 Å². The van der Waals surface area contributed by atoms with E-state index in [2.05, 4.69) is 16.8 Å².